The van der Waals surface area contributed by atoms with Crippen molar-refractivity contribution in [3.63, 3.8) is 0 Å². The second-order valence-electron chi connectivity index (χ2n) is 5.77. The van der Waals surface area contributed by atoms with Crippen LogP contribution in [0.1, 0.15) is 50.8 Å². The highest BCUT2D eigenvalue weighted by atomic mass is 35.5. The lowest BCUT2D eigenvalue weighted by Gasteiger charge is -2.24. The standard InChI is InChI=1S/C14H23ClN2/c1-10-11(6-5-7-12(10)15)13(17-16)8-9-14(2,3)4/h5-7,13,17H,8-9,16H2,1-4H3. The maximum Gasteiger partial charge on any atom is 0.0463 e. The van der Waals surface area contributed by atoms with E-state index in [4.69, 9.17) is 17.4 Å². The number of hydrogen-bond donors (Lipinski definition) is 2. The van der Waals surface area contributed by atoms with Gasteiger partial charge in [-0.2, -0.15) is 0 Å². The smallest absolute Gasteiger partial charge is 0.0463 e. The Kier molecular flexibility index (Phi) is 4.99. The Hall–Kier alpha value is -0.570. The van der Waals surface area contributed by atoms with Crippen molar-refractivity contribution in [2.45, 2.75) is 46.6 Å². The van der Waals surface area contributed by atoms with E-state index in [1.807, 2.05) is 19.1 Å². The molecule has 0 aromatic heterocycles. The van der Waals surface area contributed by atoms with E-state index in [0.717, 1.165) is 23.4 Å². The summed E-state index contributed by atoms with van der Waals surface area (Å²) in [7, 11) is 0. The average molecular weight is 255 g/mol. The Balaban J connectivity index is 2.83. The Morgan fingerprint density at radius 1 is 1.35 bits per heavy atom. The molecule has 0 aliphatic rings. The average Bonchev–Trinajstić information content (AvgIpc) is 2.23. The molecule has 0 aliphatic carbocycles. The monoisotopic (exact) mass is 254 g/mol. The summed E-state index contributed by atoms with van der Waals surface area (Å²) in [5.74, 6) is 5.66. The van der Waals surface area contributed by atoms with Gasteiger partial charge in [-0.15, -0.1) is 0 Å². The molecule has 1 aromatic rings. The maximum atomic E-state index is 6.14. The van der Waals surface area contributed by atoms with Gasteiger partial charge in [0.1, 0.15) is 0 Å². The minimum absolute atomic E-state index is 0.174. The molecule has 1 atom stereocenters. The Bertz CT molecular complexity index is 369. The van der Waals surface area contributed by atoms with Gasteiger partial charge in [0.05, 0.1) is 0 Å². The summed E-state index contributed by atoms with van der Waals surface area (Å²) < 4.78 is 0. The number of hydrazine groups is 1. The molecule has 0 aliphatic heterocycles. The first-order valence-corrected chi connectivity index (χ1v) is 6.44. The van der Waals surface area contributed by atoms with Crippen molar-refractivity contribution in [1.82, 2.24) is 5.43 Å². The summed E-state index contributed by atoms with van der Waals surface area (Å²) in [5.41, 5.74) is 5.54. The van der Waals surface area contributed by atoms with Gasteiger partial charge in [-0.25, -0.2) is 0 Å². The molecule has 0 bridgehead atoms. The first-order chi connectivity index (χ1) is 7.85. The normalized spacial score (nSPS) is 13.8. The molecule has 1 aromatic carbocycles. The summed E-state index contributed by atoms with van der Waals surface area (Å²) in [6.07, 6.45) is 2.13. The molecular weight excluding hydrogens is 232 g/mol. The number of halogens is 1. The largest absolute Gasteiger partial charge is 0.271 e. The minimum atomic E-state index is 0.174. The predicted molar refractivity (Wildman–Crippen MR) is 74.9 cm³/mol. The van der Waals surface area contributed by atoms with Gasteiger partial charge in [-0.3, -0.25) is 11.3 Å². The molecule has 0 fully saturated rings. The second kappa shape index (κ2) is 5.85. The maximum absolute atomic E-state index is 6.14. The zero-order chi connectivity index (χ0) is 13.1. The lowest BCUT2D eigenvalue weighted by molar-refractivity contribution is 0.333. The summed E-state index contributed by atoms with van der Waals surface area (Å²) in [4.78, 5) is 0. The van der Waals surface area contributed by atoms with Crippen molar-refractivity contribution in [3.05, 3.63) is 34.3 Å². The molecule has 1 rings (SSSR count). The highest BCUT2D eigenvalue weighted by Crippen LogP contribution is 2.30. The van der Waals surface area contributed by atoms with Gasteiger partial charge in [0, 0.05) is 11.1 Å². The second-order valence-corrected chi connectivity index (χ2v) is 6.18. The molecule has 96 valence electrons. The van der Waals surface area contributed by atoms with E-state index in [9.17, 15) is 0 Å². The van der Waals surface area contributed by atoms with Crippen LogP contribution in [-0.4, -0.2) is 0 Å². The van der Waals surface area contributed by atoms with Crippen LogP contribution in [0.3, 0.4) is 0 Å². The number of rotatable bonds is 4. The van der Waals surface area contributed by atoms with Crippen LogP contribution < -0.4 is 11.3 Å². The van der Waals surface area contributed by atoms with Crippen LogP contribution in [0.4, 0.5) is 0 Å². The van der Waals surface area contributed by atoms with Gasteiger partial charge in [-0.05, 0) is 42.4 Å². The van der Waals surface area contributed by atoms with Gasteiger partial charge in [-0.1, -0.05) is 44.5 Å². The van der Waals surface area contributed by atoms with Crippen molar-refractivity contribution in [2.24, 2.45) is 11.3 Å². The lowest BCUT2D eigenvalue weighted by Crippen LogP contribution is -2.29. The van der Waals surface area contributed by atoms with Crippen molar-refractivity contribution in [3.8, 4) is 0 Å². The number of nitrogens with two attached hydrogens (primary N) is 1. The summed E-state index contributed by atoms with van der Waals surface area (Å²) in [6, 6.07) is 6.16. The molecule has 2 nitrogen and oxygen atoms in total. The van der Waals surface area contributed by atoms with E-state index in [-0.39, 0.29) is 6.04 Å². The third-order valence-electron chi connectivity index (χ3n) is 3.07. The van der Waals surface area contributed by atoms with Crippen LogP contribution in [-0.2, 0) is 0 Å². The zero-order valence-corrected chi connectivity index (χ0v) is 11.9. The fourth-order valence-corrected chi connectivity index (χ4v) is 2.09. The number of nitrogens with one attached hydrogen (secondary N) is 1. The molecule has 0 spiro atoms. The molecule has 1 unspecified atom stereocenters. The third kappa shape index (κ3) is 4.30. The number of hydrogen-bond acceptors (Lipinski definition) is 2. The first-order valence-electron chi connectivity index (χ1n) is 6.06. The number of benzene rings is 1. The summed E-state index contributed by atoms with van der Waals surface area (Å²) >= 11 is 6.14. The van der Waals surface area contributed by atoms with Gasteiger partial charge < -0.3 is 0 Å². The van der Waals surface area contributed by atoms with Crippen LogP contribution in [0.2, 0.25) is 5.02 Å². The molecule has 0 saturated carbocycles. The molecule has 0 heterocycles. The SMILES string of the molecule is Cc1c(Cl)cccc1C(CCC(C)(C)C)NN. The van der Waals surface area contributed by atoms with Gasteiger partial charge >= 0.3 is 0 Å². The highest BCUT2D eigenvalue weighted by Gasteiger charge is 2.17. The fraction of sp³-hybridized carbons (Fsp3) is 0.571. The van der Waals surface area contributed by atoms with Crippen LogP contribution in [0.5, 0.6) is 0 Å². The van der Waals surface area contributed by atoms with Crippen molar-refractivity contribution >= 4 is 11.6 Å². The quantitative estimate of drug-likeness (QED) is 0.630. The summed E-state index contributed by atoms with van der Waals surface area (Å²) in [6.45, 7) is 8.77. The van der Waals surface area contributed by atoms with Crippen LogP contribution >= 0.6 is 11.6 Å². The molecule has 0 amide bonds. The molecule has 17 heavy (non-hydrogen) atoms. The van der Waals surface area contributed by atoms with E-state index in [1.165, 1.54) is 5.56 Å². The zero-order valence-electron chi connectivity index (χ0n) is 11.2. The minimum Gasteiger partial charge on any atom is -0.271 e. The Morgan fingerprint density at radius 2 is 2.00 bits per heavy atom. The fourth-order valence-electron chi connectivity index (χ4n) is 1.91. The third-order valence-corrected chi connectivity index (χ3v) is 3.48. The van der Waals surface area contributed by atoms with Gasteiger partial charge in [0.2, 0.25) is 0 Å². The van der Waals surface area contributed by atoms with Crippen molar-refractivity contribution < 1.29 is 0 Å². The van der Waals surface area contributed by atoms with E-state index >= 15 is 0 Å². The van der Waals surface area contributed by atoms with Crippen molar-refractivity contribution in [2.75, 3.05) is 0 Å². The Labute approximate surface area is 110 Å². The summed E-state index contributed by atoms with van der Waals surface area (Å²) in [5, 5.41) is 0.804. The lowest BCUT2D eigenvalue weighted by atomic mass is 9.86. The van der Waals surface area contributed by atoms with Crippen LogP contribution in [0.25, 0.3) is 0 Å². The Morgan fingerprint density at radius 3 is 2.53 bits per heavy atom. The van der Waals surface area contributed by atoms with E-state index in [1.54, 1.807) is 0 Å². The molecule has 3 heteroatoms. The van der Waals surface area contributed by atoms with Crippen molar-refractivity contribution in [1.29, 1.82) is 0 Å². The first kappa shape index (κ1) is 14.5. The van der Waals surface area contributed by atoms with E-state index in [0.29, 0.717) is 5.41 Å². The molecule has 0 radical (unpaired) electrons. The highest BCUT2D eigenvalue weighted by molar-refractivity contribution is 6.31. The molecular formula is C14H23ClN2. The van der Waals surface area contributed by atoms with Crippen LogP contribution in [0.15, 0.2) is 18.2 Å². The van der Waals surface area contributed by atoms with Gasteiger partial charge in [0.15, 0.2) is 0 Å². The van der Waals surface area contributed by atoms with E-state index in [2.05, 4.69) is 32.3 Å². The molecule has 0 saturated heterocycles. The van der Waals surface area contributed by atoms with Gasteiger partial charge in [0.25, 0.3) is 0 Å². The topological polar surface area (TPSA) is 38.0 Å². The van der Waals surface area contributed by atoms with E-state index < -0.39 is 0 Å². The molecule has 3 N–H and O–H groups in total. The van der Waals surface area contributed by atoms with Crippen LogP contribution in [0, 0.1) is 12.3 Å². The predicted octanol–water partition coefficient (Wildman–Crippen LogP) is 3.98.